The van der Waals surface area contributed by atoms with Gasteiger partial charge in [-0.05, 0) is 24.3 Å². The summed E-state index contributed by atoms with van der Waals surface area (Å²) in [5.41, 5.74) is 6.11. The lowest BCUT2D eigenvalue weighted by Gasteiger charge is -2.21. The Morgan fingerprint density at radius 2 is 2.14 bits per heavy atom. The molecule has 73 valence electrons. The lowest BCUT2D eigenvalue weighted by Crippen LogP contribution is -2.35. The first-order chi connectivity index (χ1) is 6.92. The van der Waals surface area contributed by atoms with Gasteiger partial charge >= 0.3 is 0 Å². The Balaban J connectivity index is 1.69. The second-order valence-electron chi connectivity index (χ2n) is 4.33. The zero-order valence-electron chi connectivity index (χ0n) is 8.26. The zero-order chi connectivity index (χ0) is 9.38. The molecule has 0 saturated carbocycles. The largest absolute Gasteiger partial charge is 0.226 e. The van der Waals surface area contributed by atoms with E-state index in [0.717, 1.165) is 12.3 Å². The maximum absolute atomic E-state index is 4.68. The molecule has 0 N–H and O–H groups in total. The summed E-state index contributed by atoms with van der Waals surface area (Å²) < 4.78 is 0. The minimum atomic E-state index is 0.561. The fraction of sp³-hybridized carbons (Fsp3) is 0.500. The van der Waals surface area contributed by atoms with Crippen molar-refractivity contribution in [2.24, 2.45) is 5.92 Å². The van der Waals surface area contributed by atoms with Crippen LogP contribution in [-0.2, 0) is 6.42 Å². The standard InChI is InChI=1S/C12H15N2/c1-2-4-10(5-3-1)8-12-11-6-7-14(9-11)13-12/h1-5,11-12H,6-9H2. The van der Waals surface area contributed by atoms with Gasteiger partial charge in [-0.15, -0.1) is 0 Å². The Hall–Kier alpha value is -0.860. The van der Waals surface area contributed by atoms with Crippen LogP contribution in [0.4, 0.5) is 0 Å². The smallest absolute Gasteiger partial charge is 0.0500 e. The molecule has 3 rings (SSSR count). The number of hydrogen-bond donors (Lipinski definition) is 0. The highest BCUT2D eigenvalue weighted by molar-refractivity contribution is 5.16. The fourth-order valence-electron chi connectivity index (χ4n) is 2.55. The van der Waals surface area contributed by atoms with Crippen LogP contribution < -0.4 is 5.43 Å². The molecule has 2 saturated heterocycles. The van der Waals surface area contributed by atoms with Gasteiger partial charge in [-0.25, -0.2) is 5.01 Å². The molecule has 2 heteroatoms. The topological polar surface area (TPSA) is 17.3 Å². The second kappa shape index (κ2) is 3.37. The summed E-state index contributed by atoms with van der Waals surface area (Å²) in [6, 6.07) is 11.3. The molecule has 0 amide bonds. The van der Waals surface area contributed by atoms with Crippen LogP contribution in [0, 0.1) is 5.92 Å². The first-order valence-corrected chi connectivity index (χ1v) is 5.41. The van der Waals surface area contributed by atoms with Crippen LogP contribution in [0.25, 0.3) is 0 Å². The van der Waals surface area contributed by atoms with E-state index in [1.165, 1.54) is 25.1 Å². The van der Waals surface area contributed by atoms with Crippen LogP contribution in [-0.4, -0.2) is 24.1 Å². The van der Waals surface area contributed by atoms with Crippen LogP contribution in [0.3, 0.4) is 0 Å². The zero-order valence-corrected chi connectivity index (χ0v) is 8.26. The second-order valence-corrected chi connectivity index (χ2v) is 4.33. The fourth-order valence-corrected chi connectivity index (χ4v) is 2.55. The Morgan fingerprint density at radius 1 is 1.29 bits per heavy atom. The highest BCUT2D eigenvalue weighted by Gasteiger charge is 2.38. The molecule has 0 aromatic heterocycles. The van der Waals surface area contributed by atoms with Gasteiger partial charge in [0.05, 0.1) is 0 Å². The van der Waals surface area contributed by atoms with Crippen LogP contribution in [0.15, 0.2) is 30.3 Å². The first kappa shape index (κ1) is 8.45. The summed E-state index contributed by atoms with van der Waals surface area (Å²) in [4.78, 5) is 0. The maximum Gasteiger partial charge on any atom is 0.0500 e. The summed E-state index contributed by atoms with van der Waals surface area (Å²) in [7, 11) is 0. The van der Waals surface area contributed by atoms with E-state index in [-0.39, 0.29) is 0 Å². The summed E-state index contributed by atoms with van der Waals surface area (Å²) in [6.45, 7) is 2.40. The number of benzene rings is 1. The Morgan fingerprint density at radius 3 is 2.79 bits per heavy atom. The molecule has 1 radical (unpaired) electrons. The van der Waals surface area contributed by atoms with Crippen molar-refractivity contribution >= 4 is 0 Å². The van der Waals surface area contributed by atoms with E-state index in [0.29, 0.717) is 6.04 Å². The van der Waals surface area contributed by atoms with Crippen LogP contribution in [0.5, 0.6) is 0 Å². The minimum Gasteiger partial charge on any atom is -0.226 e. The molecule has 0 spiro atoms. The third-order valence-corrected chi connectivity index (χ3v) is 3.35. The molecule has 2 nitrogen and oxygen atoms in total. The van der Waals surface area contributed by atoms with Gasteiger partial charge in [-0.1, -0.05) is 30.3 Å². The summed E-state index contributed by atoms with van der Waals surface area (Å²) >= 11 is 0. The first-order valence-electron chi connectivity index (χ1n) is 5.41. The van der Waals surface area contributed by atoms with Crippen molar-refractivity contribution in [2.45, 2.75) is 18.9 Å². The molecular weight excluding hydrogens is 172 g/mol. The Bertz CT molecular complexity index is 309. The molecule has 2 bridgehead atoms. The predicted octanol–water partition coefficient (Wildman–Crippen LogP) is 1.45. The van der Waals surface area contributed by atoms with Crippen LogP contribution in [0.2, 0.25) is 0 Å². The quantitative estimate of drug-likeness (QED) is 0.685. The molecule has 2 fully saturated rings. The van der Waals surface area contributed by atoms with Gasteiger partial charge in [0.1, 0.15) is 0 Å². The lowest BCUT2D eigenvalue weighted by molar-refractivity contribution is 0.217. The lowest BCUT2D eigenvalue weighted by atomic mass is 9.94. The van der Waals surface area contributed by atoms with Gasteiger partial charge < -0.3 is 0 Å². The van der Waals surface area contributed by atoms with Gasteiger partial charge in [0.15, 0.2) is 0 Å². The molecule has 2 heterocycles. The van der Waals surface area contributed by atoms with E-state index in [1.807, 2.05) is 0 Å². The number of fused-ring (bicyclic) bond motifs is 2. The summed E-state index contributed by atoms with van der Waals surface area (Å²) in [6.07, 6.45) is 2.48. The predicted molar refractivity (Wildman–Crippen MR) is 55.7 cm³/mol. The van der Waals surface area contributed by atoms with E-state index in [2.05, 4.69) is 40.8 Å². The van der Waals surface area contributed by atoms with Crippen molar-refractivity contribution in [1.82, 2.24) is 10.4 Å². The maximum atomic E-state index is 4.68. The molecule has 14 heavy (non-hydrogen) atoms. The molecule has 2 aliphatic heterocycles. The van der Waals surface area contributed by atoms with Gasteiger partial charge in [0, 0.05) is 19.1 Å². The molecule has 3 unspecified atom stereocenters. The van der Waals surface area contributed by atoms with E-state index < -0.39 is 0 Å². The average molecular weight is 187 g/mol. The number of rotatable bonds is 2. The van der Waals surface area contributed by atoms with E-state index in [9.17, 15) is 0 Å². The van der Waals surface area contributed by atoms with Crippen LogP contribution in [0.1, 0.15) is 12.0 Å². The average Bonchev–Trinajstić information content (AvgIpc) is 2.81. The van der Waals surface area contributed by atoms with Crippen molar-refractivity contribution in [3.63, 3.8) is 0 Å². The Kier molecular flexibility index (Phi) is 2.03. The third kappa shape index (κ3) is 1.45. The normalized spacial score (nSPS) is 35.0. The highest BCUT2D eigenvalue weighted by Crippen LogP contribution is 2.28. The summed E-state index contributed by atoms with van der Waals surface area (Å²) in [5, 5.41) is 2.25. The van der Waals surface area contributed by atoms with Crippen molar-refractivity contribution in [1.29, 1.82) is 0 Å². The van der Waals surface area contributed by atoms with Crippen molar-refractivity contribution in [2.75, 3.05) is 13.1 Å². The molecule has 1 aromatic rings. The summed E-state index contributed by atoms with van der Waals surface area (Å²) in [5.74, 6) is 0.829. The Labute approximate surface area is 84.9 Å². The van der Waals surface area contributed by atoms with Gasteiger partial charge in [0.2, 0.25) is 0 Å². The van der Waals surface area contributed by atoms with E-state index in [4.69, 9.17) is 0 Å². The molecular formula is C12H15N2. The number of nitrogens with zero attached hydrogens (tertiary/aromatic N) is 2. The highest BCUT2D eigenvalue weighted by atomic mass is 15.6. The number of hydrogen-bond acceptors (Lipinski definition) is 1. The van der Waals surface area contributed by atoms with E-state index in [1.54, 1.807) is 0 Å². The van der Waals surface area contributed by atoms with E-state index >= 15 is 0 Å². The third-order valence-electron chi connectivity index (χ3n) is 3.35. The molecule has 3 atom stereocenters. The van der Waals surface area contributed by atoms with Crippen molar-refractivity contribution in [3.05, 3.63) is 35.9 Å². The molecule has 0 aliphatic carbocycles. The molecule has 2 aliphatic rings. The van der Waals surface area contributed by atoms with Crippen molar-refractivity contribution < 1.29 is 0 Å². The van der Waals surface area contributed by atoms with Gasteiger partial charge in [0.25, 0.3) is 0 Å². The van der Waals surface area contributed by atoms with Gasteiger partial charge in [-0.2, -0.15) is 5.43 Å². The minimum absolute atomic E-state index is 0.561. The molecule has 1 aromatic carbocycles. The monoisotopic (exact) mass is 187 g/mol. The van der Waals surface area contributed by atoms with Crippen molar-refractivity contribution in [3.8, 4) is 0 Å². The SMILES string of the molecule is c1ccc(CC2[N]N3CCC2C3)cc1. The van der Waals surface area contributed by atoms with Crippen LogP contribution >= 0.6 is 0 Å². The van der Waals surface area contributed by atoms with Gasteiger partial charge in [-0.3, -0.25) is 0 Å².